The Morgan fingerprint density at radius 1 is 1.09 bits per heavy atom. The van der Waals surface area contributed by atoms with Crippen molar-refractivity contribution in [1.82, 2.24) is 9.78 Å². The highest BCUT2D eigenvalue weighted by atomic mass is 79.9. The fourth-order valence-corrected chi connectivity index (χ4v) is 3.61. The van der Waals surface area contributed by atoms with Crippen LogP contribution in [0.4, 0.5) is 5.82 Å². The van der Waals surface area contributed by atoms with Gasteiger partial charge in [0.1, 0.15) is 5.82 Å². The number of nitrogens with zero attached hydrogens (tertiary/aromatic N) is 2. The summed E-state index contributed by atoms with van der Waals surface area (Å²) < 4.78 is 2.94. The van der Waals surface area contributed by atoms with Gasteiger partial charge >= 0.3 is 0 Å². The summed E-state index contributed by atoms with van der Waals surface area (Å²) in [6, 6.07) is 13.7. The molecule has 0 spiro atoms. The summed E-state index contributed by atoms with van der Waals surface area (Å²) >= 11 is 15.8. The molecule has 0 radical (unpaired) electrons. The number of benzene rings is 2. The van der Waals surface area contributed by atoms with E-state index in [1.165, 1.54) is 5.56 Å². The quantitative estimate of drug-likeness (QED) is 0.600. The molecule has 0 saturated heterocycles. The van der Waals surface area contributed by atoms with Gasteiger partial charge in [-0.25, -0.2) is 4.68 Å². The monoisotopic (exact) mass is 407 g/mol. The van der Waals surface area contributed by atoms with E-state index < -0.39 is 0 Å². The molecule has 6 heteroatoms. The maximum absolute atomic E-state index is 6.16. The summed E-state index contributed by atoms with van der Waals surface area (Å²) in [5.74, 6) is 1.02. The predicted molar refractivity (Wildman–Crippen MR) is 98.9 cm³/mol. The predicted octanol–water partition coefficient (Wildman–Crippen LogP) is 5.58. The zero-order valence-electron chi connectivity index (χ0n) is 12.0. The molecule has 116 valence electrons. The summed E-state index contributed by atoms with van der Waals surface area (Å²) in [6.07, 6.45) is 0.952. The van der Waals surface area contributed by atoms with Crippen molar-refractivity contribution in [3.8, 4) is 16.9 Å². The van der Waals surface area contributed by atoms with Crippen molar-refractivity contribution in [2.75, 3.05) is 11.9 Å². The van der Waals surface area contributed by atoms with Crippen molar-refractivity contribution in [1.29, 1.82) is 0 Å². The Hall–Kier alpha value is -1.49. The minimum Gasteiger partial charge on any atom is -0.369 e. The van der Waals surface area contributed by atoms with Crippen molar-refractivity contribution >= 4 is 44.9 Å². The van der Waals surface area contributed by atoms with Gasteiger partial charge in [0.2, 0.25) is 0 Å². The van der Waals surface area contributed by atoms with E-state index >= 15 is 0 Å². The van der Waals surface area contributed by atoms with Crippen LogP contribution < -0.4 is 5.32 Å². The van der Waals surface area contributed by atoms with Gasteiger partial charge in [-0.3, -0.25) is 0 Å². The van der Waals surface area contributed by atoms with E-state index in [0.29, 0.717) is 10.0 Å². The normalized spacial score (nSPS) is 13.0. The molecule has 0 aliphatic carbocycles. The average Bonchev–Trinajstić information content (AvgIpc) is 3.13. The molecule has 2 aromatic carbocycles. The minimum absolute atomic E-state index is 0.522. The van der Waals surface area contributed by atoms with Gasteiger partial charge in [-0.2, -0.15) is 5.10 Å². The molecule has 3 aromatic rings. The second-order valence-corrected chi connectivity index (χ2v) is 7.01. The highest BCUT2D eigenvalue weighted by molar-refractivity contribution is 9.10. The van der Waals surface area contributed by atoms with Crippen molar-refractivity contribution in [3.05, 3.63) is 62.5 Å². The minimum atomic E-state index is 0.522. The number of halogens is 3. The molecule has 1 aliphatic rings. The van der Waals surface area contributed by atoms with Gasteiger partial charge in [0.15, 0.2) is 0 Å². The first-order chi connectivity index (χ1) is 11.1. The van der Waals surface area contributed by atoms with Gasteiger partial charge in [-0.1, -0.05) is 57.3 Å². The summed E-state index contributed by atoms with van der Waals surface area (Å²) in [5.41, 5.74) is 4.20. The Kier molecular flexibility index (Phi) is 3.84. The van der Waals surface area contributed by atoms with Gasteiger partial charge < -0.3 is 5.32 Å². The summed E-state index contributed by atoms with van der Waals surface area (Å²) in [4.78, 5) is 0. The third kappa shape index (κ3) is 2.55. The van der Waals surface area contributed by atoms with Gasteiger partial charge in [-0.15, -0.1) is 0 Å². The first-order valence-electron chi connectivity index (χ1n) is 7.21. The summed E-state index contributed by atoms with van der Waals surface area (Å²) in [6.45, 7) is 0.909. The fraction of sp³-hybridized carbons (Fsp3) is 0.118. The second kappa shape index (κ2) is 5.86. The molecule has 23 heavy (non-hydrogen) atoms. The molecule has 0 fully saturated rings. The molecule has 0 amide bonds. The maximum atomic E-state index is 6.16. The molecule has 0 unspecified atom stereocenters. The number of rotatable bonds is 2. The third-order valence-corrected chi connectivity index (χ3v) is 5.36. The molecule has 0 atom stereocenters. The highest BCUT2D eigenvalue weighted by Crippen LogP contribution is 2.38. The average molecular weight is 409 g/mol. The highest BCUT2D eigenvalue weighted by Gasteiger charge is 2.24. The SMILES string of the molecule is Clc1ccc(-n2nc(-c3ccccc3Br)c3c2NCC3)cc1Cl. The zero-order valence-corrected chi connectivity index (χ0v) is 15.1. The van der Waals surface area contributed by atoms with E-state index in [4.69, 9.17) is 28.3 Å². The number of anilines is 1. The van der Waals surface area contributed by atoms with Crippen molar-refractivity contribution in [2.24, 2.45) is 0 Å². The smallest absolute Gasteiger partial charge is 0.133 e. The van der Waals surface area contributed by atoms with Crippen molar-refractivity contribution < 1.29 is 0 Å². The van der Waals surface area contributed by atoms with Crippen LogP contribution in [0.5, 0.6) is 0 Å². The molecular formula is C17H12BrCl2N3. The van der Waals surface area contributed by atoms with Crippen LogP contribution in [0.1, 0.15) is 5.56 Å². The van der Waals surface area contributed by atoms with Crippen LogP contribution in [-0.4, -0.2) is 16.3 Å². The molecule has 0 saturated carbocycles. The lowest BCUT2D eigenvalue weighted by Gasteiger charge is -2.07. The van der Waals surface area contributed by atoms with E-state index in [1.54, 1.807) is 6.07 Å². The van der Waals surface area contributed by atoms with E-state index in [9.17, 15) is 0 Å². The van der Waals surface area contributed by atoms with Crippen LogP contribution in [0.25, 0.3) is 16.9 Å². The van der Waals surface area contributed by atoms with Crippen LogP contribution in [0.15, 0.2) is 46.9 Å². The molecule has 1 aromatic heterocycles. The molecule has 3 nitrogen and oxygen atoms in total. The molecule has 4 rings (SSSR count). The number of hydrogen-bond acceptors (Lipinski definition) is 2. The third-order valence-electron chi connectivity index (χ3n) is 3.93. The van der Waals surface area contributed by atoms with Crippen LogP contribution in [0.3, 0.4) is 0 Å². The van der Waals surface area contributed by atoms with Gasteiger partial charge in [0.05, 0.1) is 21.4 Å². The molecule has 0 bridgehead atoms. The lowest BCUT2D eigenvalue weighted by Crippen LogP contribution is -2.04. The number of hydrogen-bond donors (Lipinski definition) is 1. The molecule has 1 N–H and O–H groups in total. The van der Waals surface area contributed by atoms with E-state index in [-0.39, 0.29) is 0 Å². The van der Waals surface area contributed by atoms with Crippen LogP contribution in [0, 0.1) is 0 Å². The maximum Gasteiger partial charge on any atom is 0.133 e. The van der Waals surface area contributed by atoms with E-state index in [2.05, 4.69) is 27.3 Å². The summed E-state index contributed by atoms with van der Waals surface area (Å²) in [5, 5.41) is 9.31. The largest absolute Gasteiger partial charge is 0.369 e. The van der Waals surface area contributed by atoms with E-state index in [0.717, 1.165) is 40.2 Å². The molecule has 1 aliphatic heterocycles. The van der Waals surface area contributed by atoms with Gasteiger partial charge in [0, 0.05) is 22.1 Å². The van der Waals surface area contributed by atoms with Crippen molar-refractivity contribution in [3.63, 3.8) is 0 Å². The lowest BCUT2D eigenvalue weighted by molar-refractivity contribution is 0.882. The van der Waals surface area contributed by atoms with Crippen LogP contribution in [0.2, 0.25) is 10.0 Å². The number of nitrogens with one attached hydrogen (secondary N) is 1. The Labute approximate surface area is 152 Å². The summed E-state index contributed by atoms with van der Waals surface area (Å²) in [7, 11) is 0. The first kappa shape index (κ1) is 15.1. The number of fused-ring (bicyclic) bond motifs is 1. The molecular weight excluding hydrogens is 397 g/mol. The van der Waals surface area contributed by atoms with Crippen LogP contribution in [-0.2, 0) is 6.42 Å². The van der Waals surface area contributed by atoms with Gasteiger partial charge in [-0.05, 0) is 30.7 Å². The van der Waals surface area contributed by atoms with Gasteiger partial charge in [0.25, 0.3) is 0 Å². The Bertz CT molecular complexity index is 905. The fourth-order valence-electron chi connectivity index (χ4n) is 2.85. The first-order valence-corrected chi connectivity index (χ1v) is 8.76. The van der Waals surface area contributed by atoms with Crippen LogP contribution >= 0.6 is 39.1 Å². The zero-order chi connectivity index (χ0) is 16.0. The van der Waals surface area contributed by atoms with Crippen molar-refractivity contribution in [2.45, 2.75) is 6.42 Å². The Morgan fingerprint density at radius 3 is 2.70 bits per heavy atom. The standard InChI is InChI=1S/C17H12BrCl2N3/c18-13-4-2-1-3-11(13)16-12-7-8-21-17(12)23(22-16)10-5-6-14(19)15(20)9-10/h1-6,9,21H,7-8H2. The lowest BCUT2D eigenvalue weighted by atomic mass is 10.1. The number of aromatic nitrogens is 2. The van der Waals surface area contributed by atoms with E-state index in [1.807, 2.05) is 35.0 Å². The molecule has 2 heterocycles. The Morgan fingerprint density at radius 2 is 1.91 bits per heavy atom. The Balaban J connectivity index is 1.91. The topological polar surface area (TPSA) is 29.9 Å². The second-order valence-electron chi connectivity index (χ2n) is 5.34.